The van der Waals surface area contributed by atoms with Crippen LogP contribution in [0.1, 0.15) is 32.6 Å². The largest absolute Gasteiger partial charge is 0.464 e. The average molecular weight is 344 g/mol. The maximum atomic E-state index is 12.0. The Balaban J connectivity index is 2.81. The van der Waals surface area contributed by atoms with Gasteiger partial charge in [0.25, 0.3) is 0 Å². The van der Waals surface area contributed by atoms with Gasteiger partial charge in [0.15, 0.2) is 0 Å². The Morgan fingerprint density at radius 1 is 1.39 bits per heavy atom. The first kappa shape index (κ1) is 18.9. The maximum absolute atomic E-state index is 12.0. The van der Waals surface area contributed by atoms with E-state index in [1.807, 2.05) is 0 Å². The Kier molecular flexibility index (Phi) is 6.49. The van der Waals surface area contributed by atoms with Gasteiger partial charge in [0.1, 0.15) is 11.6 Å². The number of nitrogens with one attached hydrogen (secondary N) is 1. The minimum Gasteiger partial charge on any atom is -0.464 e. The molecule has 0 radical (unpaired) electrons. The van der Waals surface area contributed by atoms with Gasteiger partial charge in [-0.25, -0.2) is 9.59 Å². The van der Waals surface area contributed by atoms with Crippen LogP contribution in [0.5, 0.6) is 0 Å². The van der Waals surface area contributed by atoms with Gasteiger partial charge in [-0.15, -0.1) is 0 Å². The molecule has 1 atom stereocenters. The number of amides is 1. The summed E-state index contributed by atoms with van der Waals surface area (Å²) in [6.45, 7) is 6.92. The lowest BCUT2D eigenvalue weighted by Crippen LogP contribution is -2.45. The summed E-state index contributed by atoms with van der Waals surface area (Å²) in [5.41, 5.74) is -0.703. The number of ether oxygens (including phenoxy) is 2. The molecule has 1 N–H and O–H groups in total. The van der Waals surface area contributed by atoms with Gasteiger partial charge < -0.3 is 14.8 Å². The first-order valence-corrected chi connectivity index (χ1v) is 7.83. The normalized spacial score (nSPS) is 12.3. The van der Waals surface area contributed by atoms with E-state index in [0.717, 1.165) is 11.3 Å². The second kappa shape index (κ2) is 7.91. The molecular formula is C14H20N2O6S. The van der Waals surface area contributed by atoms with E-state index < -0.39 is 28.6 Å². The molecule has 0 aliphatic carbocycles. The Morgan fingerprint density at radius 2 is 2.04 bits per heavy atom. The molecule has 8 nitrogen and oxygen atoms in total. The zero-order valence-corrected chi connectivity index (χ0v) is 14.3. The summed E-state index contributed by atoms with van der Waals surface area (Å²) in [6.07, 6.45) is -0.655. The summed E-state index contributed by atoms with van der Waals surface area (Å²) >= 11 is 0.946. The monoisotopic (exact) mass is 344 g/mol. The van der Waals surface area contributed by atoms with Gasteiger partial charge in [-0.3, -0.25) is 10.1 Å². The highest BCUT2D eigenvalue weighted by molar-refractivity contribution is 7.15. The van der Waals surface area contributed by atoms with Crippen molar-refractivity contribution in [2.45, 2.75) is 45.8 Å². The zero-order valence-electron chi connectivity index (χ0n) is 13.5. The average Bonchev–Trinajstić information content (AvgIpc) is 2.84. The van der Waals surface area contributed by atoms with E-state index in [1.165, 1.54) is 6.07 Å². The number of thiophene rings is 1. The lowest BCUT2D eigenvalue weighted by Gasteiger charge is -2.22. The lowest BCUT2D eigenvalue weighted by atomic mass is 10.2. The van der Waals surface area contributed by atoms with Crippen molar-refractivity contribution in [2.24, 2.45) is 0 Å². The Morgan fingerprint density at radius 3 is 2.52 bits per heavy atom. The van der Waals surface area contributed by atoms with Crippen molar-refractivity contribution in [3.8, 4) is 0 Å². The summed E-state index contributed by atoms with van der Waals surface area (Å²) in [4.78, 5) is 34.6. The van der Waals surface area contributed by atoms with Gasteiger partial charge >= 0.3 is 17.1 Å². The highest BCUT2D eigenvalue weighted by atomic mass is 32.1. The van der Waals surface area contributed by atoms with Crippen molar-refractivity contribution in [3.05, 3.63) is 27.1 Å². The minimum atomic E-state index is -0.969. The number of nitro groups is 1. The van der Waals surface area contributed by atoms with Gasteiger partial charge in [-0.1, -0.05) is 11.3 Å². The van der Waals surface area contributed by atoms with Gasteiger partial charge in [-0.05, 0) is 33.8 Å². The number of nitrogens with zero attached hydrogens (tertiary/aromatic N) is 1. The summed E-state index contributed by atoms with van der Waals surface area (Å²) in [7, 11) is 0. The van der Waals surface area contributed by atoms with Gasteiger partial charge in [0.05, 0.1) is 11.5 Å². The number of alkyl carbamates (subject to hydrolysis) is 1. The van der Waals surface area contributed by atoms with E-state index >= 15 is 0 Å². The molecule has 1 unspecified atom stereocenters. The Bertz CT molecular complexity index is 578. The van der Waals surface area contributed by atoms with Gasteiger partial charge in [0, 0.05) is 17.4 Å². The van der Waals surface area contributed by atoms with E-state index in [-0.39, 0.29) is 18.0 Å². The standard InChI is InChI=1S/C14H20N2O6S/c1-5-21-12(17)10(15-13(18)22-14(2,3)4)8-9-6-7-11(23-9)16(19)20/h6-7,10H,5,8H2,1-4H3,(H,15,18). The number of rotatable bonds is 6. The summed E-state index contributed by atoms with van der Waals surface area (Å²) < 4.78 is 10.0. The highest BCUT2D eigenvalue weighted by Gasteiger charge is 2.26. The van der Waals surface area contributed by atoms with Crippen LogP contribution in [0.4, 0.5) is 9.80 Å². The molecule has 0 aromatic carbocycles. The van der Waals surface area contributed by atoms with Crippen molar-refractivity contribution in [1.29, 1.82) is 0 Å². The molecule has 0 saturated carbocycles. The van der Waals surface area contributed by atoms with Crippen LogP contribution in [0.3, 0.4) is 0 Å². The number of carbonyl (C=O) groups is 2. The molecule has 1 aromatic heterocycles. The number of esters is 1. The predicted octanol–water partition coefficient (Wildman–Crippen LogP) is 2.66. The van der Waals surface area contributed by atoms with Crippen LogP contribution in [0, 0.1) is 10.1 Å². The SMILES string of the molecule is CCOC(=O)C(Cc1ccc([N+](=O)[O-])s1)NC(=O)OC(C)(C)C. The number of hydrogen-bond acceptors (Lipinski definition) is 7. The summed E-state index contributed by atoms with van der Waals surface area (Å²) in [6, 6.07) is 1.93. The zero-order chi connectivity index (χ0) is 17.6. The van der Waals surface area contributed by atoms with Crippen LogP contribution in [0.15, 0.2) is 12.1 Å². The van der Waals surface area contributed by atoms with Crippen LogP contribution >= 0.6 is 11.3 Å². The Hall–Kier alpha value is -2.16. The second-order valence-corrected chi connectivity index (χ2v) is 6.80. The molecule has 23 heavy (non-hydrogen) atoms. The van der Waals surface area contributed by atoms with Crippen LogP contribution in [-0.2, 0) is 20.7 Å². The van der Waals surface area contributed by atoms with Crippen LogP contribution < -0.4 is 5.32 Å². The predicted molar refractivity (Wildman–Crippen MR) is 84.5 cm³/mol. The molecule has 0 saturated heterocycles. The third kappa shape index (κ3) is 6.64. The van der Waals surface area contributed by atoms with Gasteiger partial charge in [0.2, 0.25) is 0 Å². The summed E-state index contributed by atoms with van der Waals surface area (Å²) in [5, 5.41) is 13.1. The molecule has 0 spiro atoms. The highest BCUT2D eigenvalue weighted by Crippen LogP contribution is 2.25. The smallest absolute Gasteiger partial charge is 0.408 e. The molecule has 0 aliphatic heterocycles. The first-order valence-electron chi connectivity index (χ1n) is 7.01. The fourth-order valence-corrected chi connectivity index (χ4v) is 2.53. The van der Waals surface area contributed by atoms with Crippen LogP contribution in [-0.4, -0.2) is 35.2 Å². The first-order chi connectivity index (χ1) is 10.6. The molecule has 0 fully saturated rings. The van der Waals surface area contributed by atoms with Crippen molar-refractivity contribution < 1.29 is 24.0 Å². The number of carbonyl (C=O) groups excluding carboxylic acids is 2. The number of hydrogen-bond donors (Lipinski definition) is 1. The fourth-order valence-electron chi connectivity index (χ4n) is 1.66. The topological polar surface area (TPSA) is 108 Å². The molecule has 128 valence electrons. The Labute approximate surface area is 137 Å². The van der Waals surface area contributed by atoms with Crippen molar-refractivity contribution >= 4 is 28.4 Å². The maximum Gasteiger partial charge on any atom is 0.408 e. The molecule has 1 heterocycles. The van der Waals surface area contributed by atoms with E-state index in [9.17, 15) is 19.7 Å². The third-order valence-corrected chi connectivity index (χ3v) is 3.55. The molecule has 0 aliphatic rings. The van der Waals surface area contributed by atoms with Gasteiger partial charge in [-0.2, -0.15) is 0 Å². The molecule has 9 heteroatoms. The molecule has 1 amide bonds. The fraction of sp³-hybridized carbons (Fsp3) is 0.571. The summed E-state index contributed by atoms with van der Waals surface area (Å²) in [5.74, 6) is -0.616. The molecule has 1 aromatic rings. The van der Waals surface area contributed by atoms with E-state index in [2.05, 4.69) is 5.32 Å². The van der Waals surface area contributed by atoms with E-state index in [0.29, 0.717) is 4.88 Å². The minimum absolute atomic E-state index is 0.0279. The molecule has 0 bridgehead atoms. The van der Waals surface area contributed by atoms with E-state index in [1.54, 1.807) is 33.8 Å². The molecular weight excluding hydrogens is 324 g/mol. The van der Waals surface area contributed by atoms with E-state index in [4.69, 9.17) is 9.47 Å². The second-order valence-electron chi connectivity index (χ2n) is 5.65. The molecule has 1 rings (SSSR count). The van der Waals surface area contributed by atoms with Crippen molar-refractivity contribution in [1.82, 2.24) is 5.32 Å². The van der Waals surface area contributed by atoms with Crippen LogP contribution in [0.2, 0.25) is 0 Å². The quantitative estimate of drug-likeness (QED) is 0.483. The lowest BCUT2D eigenvalue weighted by molar-refractivity contribution is -0.380. The third-order valence-electron chi connectivity index (χ3n) is 2.49. The van der Waals surface area contributed by atoms with Crippen molar-refractivity contribution in [3.63, 3.8) is 0 Å². The van der Waals surface area contributed by atoms with Crippen molar-refractivity contribution in [2.75, 3.05) is 6.61 Å². The van der Waals surface area contributed by atoms with Crippen LogP contribution in [0.25, 0.3) is 0 Å².